The maximum Gasteiger partial charge on any atom is 0.127 e. The topological polar surface area (TPSA) is 0 Å². The molecule has 0 amide bonds. The molecular formula is C17H25F. The molecule has 0 heterocycles. The van der Waals surface area contributed by atoms with Crippen LogP contribution in [0.2, 0.25) is 0 Å². The maximum absolute atomic E-state index is 14.2. The molecule has 1 aromatic carbocycles. The fourth-order valence-corrected chi connectivity index (χ4v) is 2.16. The number of allylic oxidation sites excluding steroid dienone is 1. The van der Waals surface area contributed by atoms with Crippen molar-refractivity contribution in [3.8, 4) is 0 Å². The van der Waals surface area contributed by atoms with Crippen molar-refractivity contribution in [2.75, 3.05) is 0 Å². The number of benzene rings is 1. The van der Waals surface area contributed by atoms with E-state index < -0.39 is 0 Å². The molecule has 0 aliphatic rings. The van der Waals surface area contributed by atoms with E-state index in [1.807, 2.05) is 33.8 Å². The summed E-state index contributed by atoms with van der Waals surface area (Å²) in [4.78, 5) is 0. The maximum atomic E-state index is 14.2. The predicted molar refractivity (Wildman–Crippen MR) is 78.3 cm³/mol. The highest BCUT2D eigenvalue weighted by molar-refractivity contribution is 5.53. The SMILES string of the molecule is Cc1cc(/C=C/C(C)(C)C)cc(F)c1C(C)(C)C. The van der Waals surface area contributed by atoms with Crippen molar-refractivity contribution in [1.82, 2.24) is 0 Å². The zero-order valence-electron chi connectivity index (χ0n) is 12.7. The van der Waals surface area contributed by atoms with Crippen molar-refractivity contribution < 1.29 is 4.39 Å². The van der Waals surface area contributed by atoms with E-state index in [1.165, 1.54) is 0 Å². The zero-order valence-corrected chi connectivity index (χ0v) is 12.7. The summed E-state index contributed by atoms with van der Waals surface area (Å²) in [5.41, 5.74) is 2.74. The number of rotatable bonds is 1. The number of hydrogen-bond donors (Lipinski definition) is 0. The Morgan fingerprint density at radius 1 is 1.00 bits per heavy atom. The Kier molecular flexibility index (Phi) is 4.05. The third kappa shape index (κ3) is 3.97. The Bertz CT molecular complexity index is 430. The molecule has 0 unspecified atom stereocenters. The van der Waals surface area contributed by atoms with Crippen molar-refractivity contribution in [3.05, 3.63) is 40.7 Å². The summed E-state index contributed by atoms with van der Waals surface area (Å²) in [7, 11) is 0. The van der Waals surface area contributed by atoms with Crippen LogP contribution < -0.4 is 0 Å². The van der Waals surface area contributed by atoms with Gasteiger partial charge in [-0.2, -0.15) is 0 Å². The third-order valence-corrected chi connectivity index (χ3v) is 2.84. The molecule has 0 spiro atoms. The summed E-state index contributed by atoms with van der Waals surface area (Å²) in [6.07, 6.45) is 4.11. The van der Waals surface area contributed by atoms with Crippen LogP contribution in [0.25, 0.3) is 6.08 Å². The van der Waals surface area contributed by atoms with Gasteiger partial charge in [-0.05, 0) is 40.5 Å². The highest BCUT2D eigenvalue weighted by Crippen LogP contribution is 2.30. The van der Waals surface area contributed by atoms with Crippen LogP contribution in [0.5, 0.6) is 0 Å². The van der Waals surface area contributed by atoms with Crippen LogP contribution in [0, 0.1) is 18.2 Å². The molecular weight excluding hydrogens is 223 g/mol. The lowest BCUT2D eigenvalue weighted by Crippen LogP contribution is -2.15. The first-order valence-electron chi connectivity index (χ1n) is 6.50. The van der Waals surface area contributed by atoms with Crippen molar-refractivity contribution >= 4 is 6.08 Å². The van der Waals surface area contributed by atoms with Crippen LogP contribution in [-0.2, 0) is 5.41 Å². The molecule has 0 aliphatic carbocycles. The Morgan fingerprint density at radius 2 is 1.56 bits per heavy atom. The van der Waals surface area contributed by atoms with Crippen molar-refractivity contribution in [2.24, 2.45) is 5.41 Å². The average Bonchev–Trinajstić information content (AvgIpc) is 2.10. The van der Waals surface area contributed by atoms with E-state index >= 15 is 0 Å². The lowest BCUT2D eigenvalue weighted by Gasteiger charge is -2.23. The average molecular weight is 248 g/mol. The minimum absolute atomic E-state index is 0.101. The van der Waals surface area contributed by atoms with E-state index in [0.717, 1.165) is 16.7 Å². The van der Waals surface area contributed by atoms with Gasteiger partial charge in [-0.15, -0.1) is 0 Å². The quantitative estimate of drug-likeness (QED) is 0.616. The Hall–Kier alpha value is -1.11. The molecule has 1 aromatic rings. The van der Waals surface area contributed by atoms with Gasteiger partial charge in [0.25, 0.3) is 0 Å². The molecule has 0 N–H and O–H groups in total. The standard InChI is InChI=1S/C17H25F/c1-12-10-13(8-9-16(2,3)4)11-14(18)15(12)17(5,6)7/h8-11H,1-7H3/b9-8+. The van der Waals surface area contributed by atoms with Crippen molar-refractivity contribution in [1.29, 1.82) is 0 Å². The summed E-state index contributed by atoms with van der Waals surface area (Å²) in [6, 6.07) is 3.70. The minimum atomic E-state index is -0.152. The first-order chi connectivity index (χ1) is 8.00. The molecule has 1 rings (SSSR count). The monoisotopic (exact) mass is 248 g/mol. The van der Waals surface area contributed by atoms with Crippen LogP contribution in [0.15, 0.2) is 18.2 Å². The van der Waals surface area contributed by atoms with Gasteiger partial charge in [0.05, 0.1) is 0 Å². The molecule has 0 saturated carbocycles. The summed E-state index contributed by atoms with van der Waals surface area (Å²) in [5, 5.41) is 0. The molecule has 0 atom stereocenters. The second-order valence-electron chi connectivity index (χ2n) is 7.14. The van der Waals surface area contributed by atoms with Gasteiger partial charge < -0.3 is 0 Å². The zero-order chi connectivity index (χ0) is 14.1. The van der Waals surface area contributed by atoms with Gasteiger partial charge in [-0.1, -0.05) is 59.8 Å². The highest BCUT2D eigenvalue weighted by atomic mass is 19.1. The van der Waals surface area contributed by atoms with Gasteiger partial charge in [0, 0.05) is 0 Å². The van der Waals surface area contributed by atoms with Crippen LogP contribution in [0.1, 0.15) is 58.2 Å². The predicted octanol–water partition coefficient (Wildman–Crippen LogP) is 5.49. The lowest BCUT2D eigenvalue weighted by molar-refractivity contribution is 0.519. The fourth-order valence-electron chi connectivity index (χ4n) is 2.16. The van der Waals surface area contributed by atoms with Gasteiger partial charge in [0.1, 0.15) is 5.82 Å². The highest BCUT2D eigenvalue weighted by Gasteiger charge is 2.21. The second kappa shape index (κ2) is 4.87. The molecule has 0 aliphatic heterocycles. The number of aryl methyl sites for hydroxylation is 1. The molecule has 100 valence electrons. The van der Waals surface area contributed by atoms with Gasteiger partial charge in [0.15, 0.2) is 0 Å². The van der Waals surface area contributed by atoms with Crippen molar-refractivity contribution in [2.45, 2.75) is 53.9 Å². The third-order valence-electron chi connectivity index (χ3n) is 2.84. The normalized spacial score (nSPS) is 13.3. The molecule has 0 nitrogen and oxygen atoms in total. The first-order valence-corrected chi connectivity index (χ1v) is 6.50. The summed E-state index contributed by atoms with van der Waals surface area (Å²) >= 11 is 0. The van der Waals surface area contributed by atoms with Crippen LogP contribution in [0.4, 0.5) is 4.39 Å². The molecule has 0 radical (unpaired) electrons. The Morgan fingerprint density at radius 3 is 1.94 bits per heavy atom. The van der Waals surface area contributed by atoms with E-state index in [0.29, 0.717) is 0 Å². The van der Waals surface area contributed by atoms with Crippen molar-refractivity contribution in [3.63, 3.8) is 0 Å². The second-order valence-corrected chi connectivity index (χ2v) is 7.14. The van der Waals surface area contributed by atoms with Gasteiger partial charge in [0.2, 0.25) is 0 Å². The largest absolute Gasteiger partial charge is 0.207 e. The molecule has 0 aromatic heterocycles. The van der Waals surface area contributed by atoms with E-state index in [2.05, 4.69) is 32.9 Å². The van der Waals surface area contributed by atoms with E-state index in [9.17, 15) is 4.39 Å². The lowest BCUT2D eigenvalue weighted by atomic mass is 9.83. The number of halogens is 1. The van der Waals surface area contributed by atoms with E-state index in [4.69, 9.17) is 0 Å². The molecule has 0 bridgehead atoms. The fraction of sp³-hybridized carbons (Fsp3) is 0.529. The molecule has 0 saturated heterocycles. The van der Waals surface area contributed by atoms with E-state index in [-0.39, 0.29) is 16.6 Å². The van der Waals surface area contributed by atoms with Crippen LogP contribution >= 0.6 is 0 Å². The van der Waals surface area contributed by atoms with Gasteiger partial charge >= 0.3 is 0 Å². The van der Waals surface area contributed by atoms with E-state index in [1.54, 1.807) is 6.07 Å². The Balaban J connectivity index is 3.20. The summed E-state index contributed by atoms with van der Waals surface area (Å²) < 4.78 is 14.2. The molecule has 1 heteroatoms. The minimum Gasteiger partial charge on any atom is -0.207 e. The van der Waals surface area contributed by atoms with Gasteiger partial charge in [-0.25, -0.2) is 4.39 Å². The van der Waals surface area contributed by atoms with Gasteiger partial charge in [-0.3, -0.25) is 0 Å². The smallest absolute Gasteiger partial charge is 0.127 e. The van der Waals surface area contributed by atoms with Crippen LogP contribution in [-0.4, -0.2) is 0 Å². The molecule has 18 heavy (non-hydrogen) atoms. The van der Waals surface area contributed by atoms with Crippen LogP contribution in [0.3, 0.4) is 0 Å². The Labute approximate surface area is 111 Å². The summed E-state index contributed by atoms with van der Waals surface area (Å²) in [5.74, 6) is -0.101. The first kappa shape index (κ1) is 14.9. The molecule has 0 fully saturated rings. The number of hydrogen-bond acceptors (Lipinski definition) is 0. The summed E-state index contributed by atoms with van der Waals surface area (Å²) in [6.45, 7) is 14.5.